The van der Waals surface area contributed by atoms with Crippen LogP contribution in [0.15, 0.2) is 25.0 Å². The van der Waals surface area contributed by atoms with Crippen LogP contribution >= 0.6 is 0 Å². The molecule has 0 heterocycles. The van der Waals surface area contributed by atoms with Crippen molar-refractivity contribution in [1.82, 2.24) is 0 Å². The summed E-state index contributed by atoms with van der Waals surface area (Å²) in [5, 5.41) is 0. The lowest BCUT2D eigenvalue weighted by Crippen LogP contribution is -2.13. The molecule has 0 unspecified atom stereocenters. The first-order chi connectivity index (χ1) is 3.95. The Balaban J connectivity index is 3.74. The average molecular weight is 134 g/mol. The predicted octanol–water partition coefficient (Wildman–Crippen LogP) is 2.32. The lowest BCUT2D eigenvalue weighted by atomic mass is 10.5. The first-order valence-electron chi connectivity index (χ1n) is 2.34. The number of ether oxygens (including phenoxy) is 1. The fourth-order valence-electron chi connectivity index (χ4n) is 0.272. The van der Waals surface area contributed by atoms with Gasteiger partial charge in [-0.1, -0.05) is 13.2 Å². The molecule has 0 saturated carbocycles. The normalized spacial score (nSPS) is 10.6. The van der Waals surface area contributed by atoms with Gasteiger partial charge < -0.3 is 4.74 Å². The minimum Gasteiger partial charge on any atom is -0.433 e. The molecule has 9 heavy (non-hydrogen) atoms. The van der Waals surface area contributed by atoms with Crippen molar-refractivity contribution in [3.63, 3.8) is 0 Å². The average Bonchev–Trinajstić information content (AvgIpc) is 1.62. The molecule has 0 aromatic carbocycles. The van der Waals surface area contributed by atoms with E-state index >= 15 is 0 Å². The summed E-state index contributed by atoms with van der Waals surface area (Å²) in [6.45, 7) is 6.97. The third-order valence-electron chi connectivity index (χ3n) is 0.538. The van der Waals surface area contributed by atoms with Gasteiger partial charge in [-0.05, 0) is 6.08 Å². The summed E-state index contributed by atoms with van der Waals surface area (Å²) in [5.74, 6) is -0.123. The van der Waals surface area contributed by atoms with Crippen LogP contribution in [-0.2, 0) is 4.74 Å². The van der Waals surface area contributed by atoms with E-state index < -0.39 is 6.11 Å². The third kappa shape index (κ3) is 5.00. The highest BCUT2D eigenvalue weighted by atomic mass is 19.3. The summed E-state index contributed by atoms with van der Waals surface area (Å²) in [6, 6.07) is 0. The summed E-state index contributed by atoms with van der Waals surface area (Å²) in [5.41, 5.74) is 0. The zero-order valence-electron chi connectivity index (χ0n) is 5.16. The molecule has 0 aliphatic heterocycles. The highest BCUT2D eigenvalue weighted by molar-refractivity contribution is 5.02. The van der Waals surface area contributed by atoms with Crippen LogP contribution in [-0.4, -0.2) is 6.11 Å². The smallest absolute Gasteiger partial charge is 0.394 e. The molecule has 0 aliphatic rings. The van der Waals surface area contributed by atoms with E-state index in [4.69, 9.17) is 0 Å². The molecule has 3 heteroatoms. The molecule has 0 aromatic rings. The second kappa shape index (κ2) is 2.62. The Morgan fingerprint density at radius 1 is 1.67 bits per heavy atom. The second-order valence-electron chi connectivity index (χ2n) is 1.58. The molecule has 0 N–H and O–H groups in total. The van der Waals surface area contributed by atoms with Gasteiger partial charge >= 0.3 is 6.11 Å². The molecule has 0 saturated heterocycles. The number of alkyl halides is 2. The first-order valence-corrected chi connectivity index (χ1v) is 2.34. The number of allylic oxidation sites excluding steroid dienone is 1. The standard InChI is InChI=1S/C6H8F2O/c1-4-5(2)9-6(3,7)8/h4H,1-2H2,3H3. The Morgan fingerprint density at radius 3 is 2.22 bits per heavy atom. The van der Waals surface area contributed by atoms with Crippen LogP contribution in [0.5, 0.6) is 0 Å². The zero-order valence-corrected chi connectivity index (χ0v) is 5.16. The molecule has 0 fully saturated rings. The largest absolute Gasteiger partial charge is 0.433 e. The van der Waals surface area contributed by atoms with Crippen molar-refractivity contribution < 1.29 is 13.5 Å². The van der Waals surface area contributed by atoms with E-state index in [1.165, 1.54) is 0 Å². The minimum atomic E-state index is -3.15. The topological polar surface area (TPSA) is 9.23 Å². The summed E-state index contributed by atoms with van der Waals surface area (Å²) in [7, 11) is 0. The molecule has 0 aliphatic carbocycles. The lowest BCUT2D eigenvalue weighted by Gasteiger charge is -2.11. The van der Waals surface area contributed by atoms with Crippen LogP contribution in [0, 0.1) is 0 Å². The summed E-state index contributed by atoms with van der Waals surface area (Å²) >= 11 is 0. The van der Waals surface area contributed by atoms with Gasteiger partial charge in [-0.15, -0.1) is 0 Å². The quantitative estimate of drug-likeness (QED) is 0.425. The molecule has 0 spiro atoms. The first kappa shape index (κ1) is 8.14. The summed E-state index contributed by atoms with van der Waals surface area (Å²) < 4.78 is 27.6. The van der Waals surface area contributed by atoms with Crippen LogP contribution in [0.3, 0.4) is 0 Å². The molecule has 1 nitrogen and oxygen atoms in total. The SMILES string of the molecule is C=CC(=C)OC(C)(F)F. The Morgan fingerprint density at radius 2 is 2.11 bits per heavy atom. The molecular formula is C6H8F2O. The number of hydrogen-bond donors (Lipinski definition) is 0. The Hall–Kier alpha value is -0.860. The highest BCUT2D eigenvalue weighted by Gasteiger charge is 2.22. The fraction of sp³-hybridized carbons (Fsp3) is 0.333. The third-order valence-corrected chi connectivity index (χ3v) is 0.538. The van der Waals surface area contributed by atoms with Crippen molar-refractivity contribution in [2.24, 2.45) is 0 Å². The summed E-state index contributed by atoms with van der Waals surface area (Å²) in [4.78, 5) is 0. The van der Waals surface area contributed by atoms with Crippen LogP contribution in [0.25, 0.3) is 0 Å². The molecule has 0 amide bonds. The number of hydrogen-bond acceptors (Lipinski definition) is 1. The Labute approximate surface area is 52.6 Å². The number of halogens is 2. The molecule has 0 radical (unpaired) electrons. The van der Waals surface area contributed by atoms with Gasteiger partial charge in [0.15, 0.2) is 0 Å². The van der Waals surface area contributed by atoms with E-state index in [-0.39, 0.29) is 5.76 Å². The fourth-order valence-corrected chi connectivity index (χ4v) is 0.272. The van der Waals surface area contributed by atoms with E-state index in [1.807, 2.05) is 0 Å². The molecule has 0 aromatic heterocycles. The predicted molar refractivity (Wildman–Crippen MR) is 31.0 cm³/mol. The Kier molecular flexibility index (Phi) is 2.37. The zero-order chi connectivity index (χ0) is 7.49. The van der Waals surface area contributed by atoms with Crippen LogP contribution in [0.2, 0.25) is 0 Å². The second-order valence-corrected chi connectivity index (χ2v) is 1.58. The van der Waals surface area contributed by atoms with Crippen molar-refractivity contribution in [2.45, 2.75) is 13.0 Å². The van der Waals surface area contributed by atoms with Crippen LogP contribution < -0.4 is 0 Å². The van der Waals surface area contributed by atoms with Crippen molar-refractivity contribution >= 4 is 0 Å². The maximum Gasteiger partial charge on any atom is 0.394 e. The van der Waals surface area contributed by atoms with Crippen LogP contribution in [0.1, 0.15) is 6.92 Å². The van der Waals surface area contributed by atoms with Crippen molar-refractivity contribution in [3.8, 4) is 0 Å². The van der Waals surface area contributed by atoms with Gasteiger partial charge in [0.2, 0.25) is 0 Å². The van der Waals surface area contributed by atoms with E-state index in [9.17, 15) is 8.78 Å². The van der Waals surface area contributed by atoms with Crippen molar-refractivity contribution in [3.05, 3.63) is 25.0 Å². The van der Waals surface area contributed by atoms with Gasteiger partial charge in [0.05, 0.1) is 0 Å². The summed E-state index contributed by atoms with van der Waals surface area (Å²) in [6.07, 6.45) is -2.03. The van der Waals surface area contributed by atoms with Crippen molar-refractivity contribution in [1.29, 1.82) is 0 Å². The molecule has 0 bridgehead atoms. The lowest BCUT2D eigenvalue weighted by molar-refractivity contribution is -0.194. The van der Waals surface area contributed by atoms with Crippen LogP contribution in [0.4, 0.5) is 8.78 Å². The van der Waals surface area contributed by atoms with Gasteiger partial charge in [0, 0.05) is 6.92 Å². The molecular weight excluding hydrogens is 126 g/mol. The number of rotatable bonds is 3. The van der Waals surface area contributed by atoms with E-state index in [0.717, 1.165) is 6.08 Å². The van der Waals surface area contributed by atoms with Gasteiger partial charge in [0.25, 0.3) is 0 Å². The molecule has 0 atom stereocenters. The van der Waals surface area contributed by atoms with E-state index in [0.29, 0.717) is 6.92 Å². The monoisotopic (exact) mass is 134 g/mol. The molecule has 52 valence electrons. The van der Waals surface area contributed by atoms with Gasteiger partial charge in [-0.2, -0.15) is 8.78 Å². The molecule has 0 rings (SSSR count). The van der Waals surface area contributed by atoms with Gasteiger partial charge in [-0.25, -0.2) is 0 Å². The van der Waals surface area contributed by atoms with E-state index in [1.54, 1.807) is 0 Å². The minimum absolute atomic E-state index is 0.123. The highest BCUT2D eigenvalue weighted by Crippen LogP contribution is 2.16. The van der Waals surface area contributed by atoms with Crippen molar-refractivity contribution in [2.75, 3.05) is 0 Å². The van der Waals surface area contributed by atoms with E-state index in [2.05, 4.69) is 17.9 Å². The van der Waals surface area contributed by atoms with Gasteiger partial charge in [0.1, 0.15) is 5.76 Å². The maximum atomic E-state index is 11.8. The van der Waals surface area contributed by atoms with Gasteiger partial charge in [-0.3, -0.25) is 0 Å². The maximum absolute atomic E-state index is 11.8. The Bertz CT molecular complexity index is 124.